The van der Waals surface area contributed by atoms with Crippen molar-refractivity contribution in [2.75, 3.05) is 0 Å². The van der Waals surface area contributed by atoms with E-state index in [4.69, 9.17) is 5.73 Å². The van der Waals surface area contributed by atoms with Gasteiger partial charge in [-0.3, -0.25) is 4.68 Å². The van der Waals surface area contributed by atoms with Crippen LogP contribution in [0.5, 0.6) is 0 Å². The molecule has 1 aliphatic rings. The molecule has 2 aromatic heterocycles. The van der Waals surface area contributed by atoms with Gasteiger partial charge in [0.15, 0.2) is 5.69 Å². The molecule has 1 fully saturated rings. The average molecular weight is 297 g/mol. The van der Waals surface area contributed by atoms with Gasteiger partial charge in [0.1, 0.15) is 5.69 Å². The maximum absolute atomic E-state index is 13.1. The SMILES string of the molecule is Cn1cc(-c2nnc(CN)cc2C2CC2)c(C(F)(F)F)n1. The number of rotatable bonds is 3. The van der Waals surface area contributed by atoms with Crippen molar-refractivity contribution in [3.8, 4) is 11.3 Å². The Morgan fingerprint density at radius 3 is 2.62 bits per heavy atom. The Hall–Kier alpha value is -1.96. The predicted molar refractivity (Wildman–Crippen MR) is 69.1 cm³/mol. The zero-order valence-corrected chi connectivity index (χ0v) is 11.4. The molecule has 0 atom stereocenters. The zero-order valence-electron chi connectivity index (χ0n) is 11.4. The van der Waals surface area contributed by atoms with Gasteiger partial charge >= 0.3 is 6.18 Å². The molecule has 0 spiro atoms. The fourth-order valence-electron chi connectivity index (χ4n) is 2.33. The van der Waals surface area contributed by atoms with Gasteiger partial charge in [-0.1, -0.05) is 0 Å². The molecule has 0 amide bonds. The standard InChI is InChI=1S/C13H14F3N5/c1-21-6-10(12(20-21)13(14,15)16)11-9(7-2-3-7)4-8(5-17)18-19-11/h4,6-7H,2-3,5,17H2,1H3. The van der Waals surface area contributed by atoms with Crippen LogP contribution in [0, 0.1) is 0 Å². The van der Waals surface area contributed by atoms with Gasteiger partial charge in [-0.25, -0.2) is 0 Å². The molecule has 1 saturated carbocycles. The molecule has 0 unspecified atom stereocenters. The van der Waals surface area contributed by atoms with E-state index in [0.29, 0.717) is 5.69 Å². The molecule has 1 aliphatic carbocycles. The highest BCUT2D eigenvalue weighted by Crippen LogP contribution is 2.45. The highest BCUT2D eigenvalue weighted by Gasteiger charge is 2.39. The van der Waals surface area contributed by atoms with Crippen molar-refractivity contribution < 1.29 is 13.2 Å². The fourth-order valence-corrected chi connectivity index (χ4v) is 2.33. The molecular formula is C13H14F3N5. The summed E-state index contributed by atoms with van der Waals surface area (Å²) < 4.78 is 40.4. The van der Waals surface area contributed by atoms with E-state index < -0.39 is 11.9 Å². The van der Waals surface area contributed by atoms with Gasteiger partial charge in [0.05, 0.1) is 11.3 Å². The van der Waals surface area contributed by atoms with E-state index in [9.17, 15) is 13.2 Å². The highest BCUT2D eigenvalue weighted by molar-refractivity contribution is 5.66. The number of alkyl halides is 3. The molecule has 8 heteroatoms. The predicted octanol–water partition coefficient (Wildman–Crippen LogP) is 2.23. The van der Waals surface area contributed by atoms with Crippen LogP contribution >= 0.6 is 0 Å². The third-order valence-corrected chi connectivity index (χ3v) is 3.45. The van der Waals surface area contributed by atoms with Crippen molar-refractivity contribution in [1.82, 2.24) is 20.0 Å². The van der Waals surface area contributed by atoms with Crippen molar-refractivity contribution in [2.45, 2.75) is 31.5 Å². The second-order valence-corrected chi connectivity index (χ2v) is 5.18. The second-order valence-electron chi connectivity index (χ2n) is 5.18. The highest BCUT2D eigenvalue weighted by atomic mass is 19.4. The number of aryl methyl sites for hydroxylation is 1. The van der Waals surface area contributed by atoms with Crippen LogP contribution < -0.4 is 5.73 Å². The molecule has 0 aromatic carbocycles. The van der Waals surface area contributed by atoms with Crippen LogP contribution in [0.4, 0.5) is 13.2 Å². The van der Waals surface area contributed by atoms with Gasteiger partial charge in [-0.15, -0.1) is 5.10 Å². The Bertz CT molecular complexity index is 673. The first-order chi connectivity index (χ1) is 9.90. The van der Waals surface area contributed by atoms with Crippen molar-refractivity contribution in [3.05, 3.63) is 29.2 Å². The van der Waals surface area contributed by atoms with E-state index in [1.807, 2.05) is 0 Å². The molecule has 2 aromatic rings. The number of hydrogen-bond acceptors (Lipinski definition) is 4. The Labute approximate surface area is 119 Å². The van der Waals surface area contributed by atoms with E-state index in [-0.39, 0.29) is 23.7 Å². The van der Waals surface area contributed by atoms with Crippen LogP contribution in [0.1, 0.15) is 35.7 Å². The van der Waals surface area contributed by atoms with Gasteiger partial charge in [-0.2, -0.15) is 23.4 Å². The lowest BCUT2D eigenvalue weighted by molar-refractivity contribution is -0.141. The molecule has 21 heavy (non-hydrogen) atoms. The van der Waals surface area contributed by atoms with E-state index in [2.05, 4.69) is 15.3 Å². The third kappa shape index (κ3) is 2.63. The Morgan fingerprint density at radius 2 is 2.05 bits per heavy atom. The minimum absolute atomic E-state index is 0.0250. The second kappa shape index (κ2) is 4.80. The summed E-state index contributed by atoms with van der Waals surface area (Å²) in [4.78, 5) is 0. The van der Waals surface area contributed by atoms with Crippen LogP contribution in [0.2, 0.25) is 0 Å². The summed E-state index contributed by atoms with van der Waals surface area (Å²) in [7, 11) is 1.46. The van der Waals surface area contributed by atoms with E-state index in [1.165, 1.54) is 13.2 Å². The molecule has 2 N–H and O–H groups in total. The normalized spacial score (nSPS) is 15.5. The number of hydrogen-bond donors (Lipinski definition) is 1. The number of nitrogens with zero attached hydrogens (tertiary/aromatic N) is 4. The summed E-state index contributed by atoms with van der Waals surface area (Å²) in [6.45, 7) is 0.214. The smallest absolute Gasteiger partial charge is 0.325 e. The molecule has 0 aliphatic heterocycles. The van der Waals surface area contributed by atoms with Crippen LogP contribution in [-0.4, -0.2) is 20.0 Å². The number of aromatic nitrogens is 4. The van der Waals surface area contributed by atoms with Crippen LogP contribution in [0.15, 0.2) is 12.3 Å². The maximum Gasteiger partial charge on any atom is 0.435 e. The summed E-state index contributed by atoms with van der Waals surface area (Å²) in [6.07, 6.45) is -1.29. The molecule has 0 radical (unpaired) electrons. The molecule has 3 rings (SSSR count). The van der Waals surface area contributed by atoms with Crippen LogP contribution in [0.25, 0.3) is 11.3 Å². The monoisotopic (exact) mass is 297 g/mol. The van der Waals surface area contributed by atoms with E-state index in [0.717, 1.165) is 23.1 Å². The Morgan fingerprint density at radius 1 is 1.33 bits per heavy atom. The lowest BCUT2D eigenvalue weighted by atomic mass is 10.0. The Kier molecular flexibility index (Phi) is 3.20. The third-order valence-electron chi connectivity index (χ3n) is 3.45. The first kappa shape index (κ1) is 14.0. The van der Waals surface area contributed by atoms with Gasteiger partial charge in [0, 0.05) is 19.8 Å². The summed E-state index contributed by atoms with van der Waals surface area (Å²) >= 11 is 0. The Balaban J connectivity index is 2.17. The van der Waals surface area contributed by atoms with Gasteiger partial charge in [-0.05, 0) is 30.4 Å². The van der Waals surface area contributed by atoms with Crippen LogP contribution in [0.3, 0.4) is 0 Å². The first-order valence-corrected chi connectivity index (χ1v) is 6.58. The topological polar surface area (TPSA) is 69.6 Å². The van der Waals surface area contributed by atoms with Crippen molar-refractivity contribution in [3.63, 3.8) is 0 Å². The summed E-state index contributed by atoms with van der Waals surface area (Å²) in [5.74, 6) is 0.238. The largest absolute Gasteiger partial charge is 0.435 e. The first-order valence-electron chi connectivity index (χ1n) is 6.58. The minimum atomic E-state index is -4.52. The fraction of sp³-hybridized carbons (Fsp3) is 0.462. The molecule has 0 saturated heterocycles. The van der Waals surface area contributed by atoms with Crippen molar-refractivity contribution in [2.24, 2.45) is 12.8 Å². The number of nitrogens with two attached hydrogens (primary N) is 1. The quantitative estimate of drug-likeness (QED) is 0.943. The van der Waals surface area contributed by atoms with E-state index >= 15 is 0 Å². The summed E-state index contributed by atoms with van der Waals surface area (Å²) in [6, 6.07) is 1.76. The lowest BCUT2D eigenvalue weighted by Gasteiger charge is -2.10. The van der Waals surface area contributed by atoms with E-state index in [1.54, 1.807) is 6.07 Å². The molecular weight excluding hydrogens is 283 g/mol. The number of halogens is 3. The molecule has 2 heterocycles. The molecule has 5 nitrogen and oxygen atoms in total. The van der Waals surface area contributed by atoms with Crippen LogP contribution in [-0.2, 0) is 19.8 Å². The lowest BCUT2D eigenvalue weighted by Crippen LogP contribution is -2.10. The molecule has 112 valence electrons. The maximum atomic E-state index is 13.1. The van der Waals surface area contributed by atoms with Gasteiger partial charge in [0.2, 0.25) is 0 Å². The average Bonchev–Trinajstić information content (AvgIpc) is 3.19. The van der Waals surface area contributed by atoms with Gasteiger partial charge < -0.3 is 5.73 Å². The summed E-state index contributed by atoms with van der Waals surface area (Å²) in [5, 5.41) is 11.4. The van der Waals surface area contributed by atoms with Crippen molar-refractivity contribution in [1.29, 1.82) is 0 Å². The van der Waals surface area contributed by atoms with Gasteiger partial charge in [0.25, 0.3) is 0 Å². The zero-order chi connectivity index (χ0) is 15.2. The minimum Gasteiger partial charge on any atom is -0.325 e. The summed E-state index contributed by atoms with van der Waals surface area (Å²) in [5.41, 5.74) is 6.20. The van der Waals surface area contributed by atoms with Crippen molar-refractivity contribution >= 4 is 0 Å². The molecule has 0 bridgehead atoms.